The average molecular weight is 492 g/mol. The second-order valence-corrected chi connectivity index (χ2v) is 9.24. The van der Waals surface area contributed by atoms with E-state index in [1.54, 1.807) is 31.3 Å². The Morgan fingerprint density at radius 3 is 2.31 bits per heavy atom. The van der Waals surface area contributed by atoms with E-state index >= 15 is 0 Å². The van der Waals surface area contributed by atoms with Crippen molar-refractivity contribution < 1.29 is 19.0 Å². The molecule has 4 rings (SSSR count). The maximum absolute atomic E-state index is 13.7. The maximum Gasteiger partial charge on any atom is 0.260 e. The molecule has 0 radical (unpaired) electrons. The van der Waals surface area contributed by atoms with Crippen LogP contribution in [0.5, 0.6) is 23.0 Å². The van der Waals surface area contributed by atoms with E-state index in [0.717, 1.165) is 23.2 Å². The number of benzene rings is 3. The molecular weight excluding hydrogens is 462 g/mol. The topological polar surface area (TPSA) is 64.1 Å². The largest absolute Gasteiger partial charge is 0.493 e. The summed E-state index contributed by atoms with van der Waals surface area (Å²) < 4.78 is 17.7. The molecule has 0 saturated heterocycles. The van der Waals surface area contributed by atoms with Gasteiger partial charge in [0.1, 0.15) is 11.5 Å². The monoisotopic (exact) mass is 491 g/mol. The van der Waals surface area contributed by atoms with Crippen LogP contribution >= 0.6 is 11.3 Å². The third-order valence-electron chi connectivity index (χ3n) is 5.41. The second-order valence-electron chi connectivity index (χ2n) is 8.23. The third-order valence-corrected chi connectivity index (χ3v) is 6.45. The molecule has 1 heterocycles. The lowest BCUT2D eigenvalue weighted by molar-refractivity contribution is 0.0985. The number of para-hydroxylation sites is 1. The van der Waals surface area contributed by atoms with Crippen molar-refractivity contribution in [3.05, 3.63) is 72.3 Å². The molecule has 0 unspecified atom stereocenters. The van der Waals surface area contributed by atoms with Gasteiger partial charge in [-0.1, -0.05) is 35.6 Å². The van der Waals surface area contributed by atoms with Gasteiger partial charge in [-0.05, 0) is 57.4 Å². The first-order valence-electron chi connectivity index (χ1n) is 11.3. The molecule has 1 aromatic heterocycles. The standard InChI is InChI=1S/C27H29N3O4S/c1-29(2)14-9-15-30(27-28-22-17-23(32-3)24(33-4)18-25(22)35-27)26(31)19-10-8-13-21(16-19)34-20-11-6-5-7-12-20/h5-8,10-13,16-18H,9,14-15H2,1-4H3. The molecule has 0 aliphatic heterocycles. The summed E-state index contributed by atoms with van der Waals surface area (Å²) >= 11 is 1.46. The first kappa shape index (κ1) is 24.5. The summed E-state index contributed by atoms with van der Waals surface area (Å²) in [6.45, 7) is 1.39. The first-order valence-corrected chi connectivity index (χ1v) is 12.1. The van der Waals surface area contributed by atoms with Crippen LogP contribution in [-0.4, -0.2) is 57.2 Å². The van der Waals surface area contributed by atoms with Gasteiger partial charge in [-0.25, -0.2) is 4.98 Å². The fraction of sp³-hybridized carbons (Fsp3) is 0.259. The molecule has 0 atom stereocenters. The van der Waals surface area contributed by atoms with Crippen molar-refractivity contribution in [1.82, 2.24) is 9.88 Å². The van der Waals surface area contributed by atoms with Gasteiger partial charge in [0.05, 0.1) is 24.4 Å². The second kappa shape index (κ2) is 11.2. The van der Waals surface area contributed by atoms with Crippen LogP contribution in [0.4, 0.5) is 5.13 Å². The van der Waals surface area contributed by atoms with E-state index in [9.17, 15) is 4.79 Å². The summed E-state index contributed by atoms with van der Waals surface area (Å²) in [5.41, 5.74) is 1.30. The van der Waals surface area contributed by atoms with Crippen molar-refractivity contribution in [2.24, 2.45) is 0 Å². The summed E-state index contributed by atoms with van der Waals surface area (Å²) in [6.07, 6.45) is 0.807. The number of hydrogen-bond donors (Lipinski definition) is 0. The van der Waals surface area contributed by atoms with Crippen LogP contribution in [0.3, 0.4) is 0 Å². The zero-order valence-corrected chi connectivity index (χ0v) is 21.2. The summed E-state index contributed by atoms with van der Waals surface area (Å²) in [7, 11) is 7.24. The molecule has 35 heavy (non-hydrogen) atoms. The highest BCUT2D eigenvalue weighted by molar-refractivity contribution is 7.22. The Bertz CT molecular complexity index is 1250. The lowest BCUT2D eigenvalue weighted by Crippen LogP contribution is -2.33. The highest BCUT2D eigenvalue weighted by Gasteiger charge is 2.22. The highest BCUT2D eigenvalue weighted by atomic mass is 32.1. The van der Waals surface area contributed by atoms with Crippen LogP contribution in [0.1, 0.15) is 16.8 Å². The third kappa shape index (κ3) is 5.90. The minimum atomic E-state index is -0.125. The van der Waals surface area contributed by atoms with E-state index in [0.29, 0.717) is 40.2 Å². The lowest BCUT2D eigenvalue weighted by atomic mass is 10.2. The summed E-state index contributed by atoms with van der Waals surface area (Å²) in [5, 5.41) is 0.633. The van der Waals surface area contributed by atoms with Crippen LogP contribution in [0.2, 0.25) is 0 Å². The normalized spacial score (nSPS) is 11.0. The quantitative estimate of drug-likeness (QED) is 0.283. The van der Waals surface area contributed by atoms with Crippen LogP contribution < -0.4 is 19.1 Å². The number of fused-ring (bicyclic) bond motifs is 1. The molecule has 0 aliphatic rings. The summed E-state index contributed by atoms with van der Waals surface area (Å²) in [6, 6.07) is 20.5. The Hall–Kier alpha value is -3.62. The van der Waals surface area contributed by atoms with E-state index < -0.39 is 0 Å². The molecule has 4 aromatic rings. The number of nitrogens with zero attached hydrogens (tertiary/aromatic N) is 3. The molecule has 1 amide bonds. The fourth-order valence-corrected chi connectivity index (χ4v) is 4.66. The number of rotatable bonds is 10. The summed E-state index contributed by atoms with van der Waals surface area (Å²) in [4.78, 5) is 22.3. The van der Waals surface area contributed by atoms with E-state index in [1.807, 2.05) is 68.7 Å². The number of methoxy groups -OCH3 is 2. The van der Waals surface area contributed by atoms with Crippen LogP contribution in [0.25, 0.3) is 10.2 Å². The number of amides is 1. The van der Waals surface area contributed by atoms with Gasteiger partial charge in [0.15, 0.2) is 16.6 Å². The van der Waals surface area contributed by atoms with Gasteiger partial charge >= 0.3 is 0 Å². The van der Waals surface area contributed by atoms with Gasteiger partial charge in [-0.3, -0.25) is 9.69 Å². The number of aromatic nitrogens is 1. The molecule has 0 fully saturated rings. The first-order chi connectivity index (χ1) is 17.0. The molecule has 0 aliphatic carbocycles. The van der Waals surface area contributed by atoms with E-state index in [-0.39, 0.29) is 5.91 Å². The maximum atomic E-state index is 13.7. The Labute approximate surface area is 209 Å². The molecule has 8 heteroatoms. The zero-order chi connectivity index (χ0) is 24.8. The fourth-order valence-electron chi connectivity index (χ4n) is 3.66. The van der Waals surface area contributed by atoms with Crippen molar-refractivity contribution in [3.63, 3.8) is 0 Å². The lowest BCUT2D eigenvalue weighted by Gasteiger charge is -2.21. The Morgan fingerprint density at radius 1 is 0.886 bits per heavy atom. The molecule has 0 N–H and O–H groups in total. The Balaban J connectivity index is 1.66. The number of thiazole rings is 1. The molecule has 0 bridgehead atoms. The van der Waals surface area contributed by atoms with Gasteiger partial charge in [0, 0.05) is 24.2 Å². The van der Waals surface area contributed by atoms with Crippen LogP contribution in [0.15, 0.2) is 66.7 Å². The van der Waals surface area contributed by atoms with Crippen molar-refractivity contribution in [3.8, 4) is 23.0 Å². The van der Waals surface area contributed by atoms with Crippen LogP contribution in [0, 0.1) is 0 Å². The van der Waals surface area contributed by atoms with E-state index in [4.69, 9.17) is 19.2 Å². The minimum Gasteiger partial charge on any atom is -0.493 e. The SMILES string of the molecule is COc1cc2nc(N(CCCN(C)C)C(=O)c3cccc(Oc4ccccc4)c3)sc2cc1OC. The van der Waals surface area contributed by atoms with Crippen molar-refractivity contribution in [2.45, 2.75) is 6.42 Å². The zero-order valence-electron chi connectivity index (χ0n) is 20.4. The predicted octanol–water partition coefficient (Wildman–Crippen LogP) is 5.70. The number of anilines is 1. The number of ether oxygens (including phenoxy) is 3. The minimum absolute atomic E-state index is 0.125. The predicted molar refractivity (Wildman–Crippen MR) is 141 cm³/mol. The van der Waals surface area contributed by atoms with Gasteiger partial charge < -0.3 is 19.1 Å². The van der Waals surface area contributed by atoms with Crippen molar-refractivity contribution >= 4 is 32.6 Å². The van der Waals surface area contributed by atoms with E-state index in [1.165, 1.54) is 11.3 Å². The smallest absolute Gasteiger partial charge is 0.260 e. The van der Waals surface area contributed by atoms with Crippen molar-refractivity contribution in [1.29, 1.82) is 0 Å². The molecule has 0 spiro atoms. The Kier molecular flexibility index (Phi) is 7.84. The number of carbonyl (C=O) groups is 1. The molecule has 182 valence electrons. The van der Waals surface area contributed by atoms with Crippen LogP contribution in [-0.2, 0) is 0 Å². The molecule has 3 aromatic carbocycles. The highest BCUT2D eigenvalue weighted by Crippen LogP contribution is 2.37. The Morgan fingerprint density at radius 2 is 1.60 bits per heavy atom. The average Bonchev–Trinajstić information content (AvgIpc) is 3.28. The van der Waals surface area contributed by atoms with Gasteiger partial charge in [0.25, 0.3) is 5.91 Å². The number of carbonyl (C=O) groups excluding carboxylic acids is 1. The number of hydrogen-bond acceptors (Lipinski definition) is 7. The van der Waals surface area contributed by atoms with E-state index in [2.05, 4.69) is 4.90 Å². The van der Waals surface area contributed by atoms with Gasteiger partial charge in [0.2, 0.25) is 0 Å². The van der Waals surface area contributed by atoms with Crippen molar-refractivity contribution in [2.75, 3.05) is 46.3 Å². The van der Waals surface area contributed by atoms with Gasteiger partial charge in [-0.2, -0.15) is 0 Å². The molecular formula is C27H29N3O4S. The summed E-state index contributed by atoms with van der Waals surface area (Å²) in [5.74, 6) is 2.43. The molecule has 7 nitrogen and oxygen atoms in total. The van der Waals surface area contributed by atoms with Gasteiger partial charge in [-0.15, -0.1) is 0 Å². The molecule has 0 saturated carbocycles.